The zero-order valence-electron chi connectivity index (χ0n) is 17.1. The number of amidine groups is 1. The number of aliphatic imine (C=N–C) groups is 1. The molecule has 1 saturated heterocycles. The van der Waals surface area contributed by atoms with Crippen molar-refractivity contribution in [3.05, 3.63) is 46.5 Å². The van der Waals surface area contributed by atoms with E-state index in [0.29, 0.717) is 39.7 Å². The van der Waals surface area contributed by atoms with Gasteiger partial charge < -0.3 is 14.2 Å². The van der Waals surface area contributed by atoms with E-state index in [2.05, 4.69) is 9.98 Å². The van der Waals surface area contributed by atoms with E-state index in [-0.39, 0.29) is 5.91 Å². The van der Waals surface area contributed by atoms with Crippen LogP contribution in [0.4, 0.5) is 5.82 Å². The van der Waals surface area contributed by atoms with Crippen molar-refractivity contribution in [2.75, 3.05) is 27.9 Å². The molecule has 0 aliphatic carbocycles. The number of likely N-dealkylation sites (N-methyl/N-ethyl adjacent to an activating group) is 1. The quantitative estimate of drug-likeness (QED) is 0.666. The Hall–Kier alpha value is -3.00. The first-order chi connectivity index (χ1) is 14.0. The second kappa shape index (κ2) is 9.00. The molecule has 1 amide bonds. The fraction of sp³-hybridized carbons (Fsp3) is 0.286. The van der Waals surface area contributed by atoms with Crippen LogP contribution in [-0.2, 0) is 4.79 Å². The minimum absolute atomic E-state index is 0.0994. The standard InChI is InChI=1S/C21H23N3O4S/c1-6-24-20(25)17(29-21(24)23-18-9-7-8-13(2)22-18)12-14-10-15(26-3)19(28-5)16(11-14)27-4/h7-12H,6H2,1-5H3/b17-12-,23-21+. The summed E-state index contributed by atoms with van der Waals surface area (Å²) in [6.45, 7) is 4.34. The van der Waals surface area contributed by atoms with Gasteiger partial charge in [0.1, 0.15) is 0 Å². The number of thioether (sulfide) groups is 1. The summed E-state index contributed by atoms with van der Waals surface area (Å²) in [6, 6.07) is 9.22. The molecule has 1 aliphatic rings. The minimum atomic E-state index is -0.0994. The Morgan fingerprint density at radius 3 is 2.38 bits per heavy atom. The number of carbonyl (C=O) groups is 1. The predicted octanol–water partition coefficient (Wildman–Crippen LogP) is 4.04. The lowest BCUT2D eigenvalue weighted by atomic mass is 10.1. The first-order valence-corrected chi connectivity index (χ1v) is 9.86. The first kappa shape index (κ1) is 20.7. The van der Waals surface area contributed by atoms with Gasteiger partial charge in [0.05, 0.1) is 26.2 Å². The van der Waals surface area contributed by atoms with E-state index in [1.54, 1.807) is 44.4 Å². The number of pyridine rings is 1. The van der Waals surface area contributed by atoms with Crippen LogP contribution in [0.3, 0.4) is 0 Å². The van der Waals surface area contributed by atoms with Crippen molar-refractivity contribution in [3.8, 4) is 17.2 Å². The Kier molecular flexibility index (Phi) is 6.43. The lowest BCUT2D eigenvalue weighted by Gasteiger charge is -2.13. The molecule has 0 radical (unpaired) electrons. The second-order valence-electron chi connectivity index (χ2n) is 6.15. The van der Waals surface area contributed by atoms with Crippen molar-refractivity contribution < 1.29 is 19.0 Å². The molecule has 0 saturated carbocycles. The van der Waals surface area contributed by atoms with Crippen LogP contribution in [0.15, 0.2) is 40.2 Å². The molecule has 2 aromatic rings. The molecule has 1 aromatic carbocycles. The highest BCUT2D eigenvalue weighted by Crippen LogP contribution is 2.40. The van der Waals surface area contributed by atoms with Gasteiger partial charge in [-0.25, -0.2) is 9.98 Å². The number of hydrogen-bond donors (Lipinski definition) is 0. The van der Waals surface area contributed by atoms with E-state index in [9.17, 15) is 4.79 Å². The maximum absolute atomic E-state index is 12.9. The molecule has 1 aliphatic heterocycles. The molecule has 152 valence electrons. The lowest BCUT2D eigenvalue weighted by Crippen LogP contribution is -2.28. The highest BCUT2D eigenvalue weighted by molar-refractivity contribution is 8.18. The number of amides is 1. The van der Waals surface area contributed by atoms with Crippen LogP contribution < -0.4 is 14.2 Å². The molecule has 0 spiro atoms. The van der Waals surface area contributed by atoms with Crippen LogP contribution in [-0.4, -0.2) is 48.8 Å². The Balaban J connectivity index is 1.99. The summed E-state index contributed by atoms with van der Waals surface area (Å²) in [6.07, 6.45) is 1.80. The number of hydrogen-bond acceptors (Lipinski definition) is 7. The topological polar surface area (TPSA) is 73.2 Å². The molecule has 0 unspecified atom stereocenters. The Morgan fingerprint density at radius 1 is 1.14 bits per heavy atom. The number of methoxy groups -OCH3 is 3. The zero-order valence-corrected chi connectivity index (χ0v) is 17.9. The van der Waals surface area contributed by atoms with Gasteiger partial charge in [-0.3, -0.25) is 9.69 Å². The summed E-state index contributed by atoms with van der Waals surface area (Å²) < 4.78 is 16.1. The lowest BCUT2D eigenvalue weighted by molar-refractivity contribution is -0.122. The van der Waals surface area contributed by atoms with Crippen molar-refractivity contribution in [3.63, 3.8) is 0 Å². The minimum Gasteiger partial charge on any atom is -0.493 e. The predicted molar refractivity (Wildman–Crippen MR) is 115 cm³/mol. The number of carbonyl (C=O) groups excluding carboxylic acids is 1. The number of aryl methyl sites for hydroxylation is 1. The Bertz CT molecular complexity index is 963. The monoisotopic (exact) mass is 413 g/mol. The van der Waals surface area contributed by atoms with Crippen molar-refractivity contribution >= 4 is 34.7 Å². The molecule has 3 rings (SSSR count). The first-order valence-electron chi connectivity index (χ1n) is 9.04. The number of nitrogens with zero attached hydrogens (tertiary/aromatic N) is 3. The number of benzene rings is 1. The van der Waals surface area contributed by atoms with Gasteiger partial charge in [-0.1, -0.05) is 6.07 Å². The molecular formula is C21H23N3O4S. The summed E-state index contributed by atoms with van der Waals surface area (Å²) in [7, 11) is 4.67. The van der Waals surface area contributed by atoms with Gasteiger partial charge in [-0.2, -0.15) is 0 Å². The largest absolute Gasteiger partial charge is 0.493 e. The molecular weight excluding hydrogens is 390 g/mol. The van der Waals surface area contributed by atoms with Gasteiger partial charge in [-0.05, 0) is 61.5 Å². The molecule has 1 fully saturated rings. The molecule has 0 N–H and O–H groups in total. The number of rotatable bonds is 6. The van der Waals surface area contributed by atoms with E-state index in [0.717, 1.165) is 11.3 Å². The summed E-state index contributed by atoms with van der Waals surface area (Å²) in [4.78, 5) is 24.1. The highest BCUT2D eigenvalue weighted by atomic mass is 32.2. The molecule has 1 aromatic heterocycles. The van der Waals surface area contributed by atoms with E-state index in [1.165, 1.54) is 11.8 Å². The van der Waals surface area contributed by atoms with Gasteiger partial charge in [-0.15, -0.1) is 0 Å². The summed E-state index contributed by atoms with van der Waals surface area (Å²) in [5, 5.41) is 0.606. The van der Waals surface area contributed by atoms with Gasteiger partial charge >= 0.3 is 0 Å². The van der Waals surface area contributed by atoms with Crippen molar-refractivity contribution in [1.29, 1.82) is 0 Å². The molecule has 2 heterocycles. The Labute approximate surface area is 174 Å². The third kappa shape index (κ3) is 4.37. The SMILES string of the molecule is CCN1C(=O)/C(=C/c2cc(OC)c(OC)c(OC)c2)S/C1=N/c1cccc(C)n1. The highest BCUT2D eigenvalue weighted by Gasteiger charge is 2.32. The molecule has 29 heavy (non-hydrogen) atoms. The van der Waals surface area contributed by atoms with Crippen LogP contribution in [0.2, 0.25) is 0 Å². The summed E-state index contributed by atoms with van der Waals surface area (Å²) in [5.74, 6) is 2.04. The molecule has 7 nitrogen and oxygen atoms in total. The van der Waals surface area contributed by atoms with Crippen molar-refractivity contribution in [2.45, 2.75) is 13.8 Å². The third-order valence-corrected chi connectivity index (χ3v) is 5.28. The number of ether oxygens (including phenoxy) is 3. The second-order valence-corrected chi connectivity index (χ2v) is 7.16. The maximum atomic E-state index is 12.9. The molecule has 0 bridgehead atoms. The fourth-order valence-corrected chi connectivity index (χ4v) is 3.95. The van der Waals surface area contributed by atoms with Crippen LogP contribution in [0, 0.1) is 6.92 Å². The van der Waals surface area contributed by atoms with Crippen LogP contribution in [0.1, 0.15) is 18.2 Å². The van der Waals surface area contributed by atoms with E-state index >= 15 is 0 Å². The normalized spacial score (nSPS) is 16.6. The van der Waals surface area contributed by atoms with Gasteiger partial charge in [0.2, 0.25) is 5.75 Å². The van der Waals surface area contributed by atoms with E-state index < -0.39 is 0 Å². The molecule has 0 atom stereocenters. The van der Waals surface area contributed by atoms with Gasteiger partial charge in [0.15, 0.2) is 22.5 Å². The summed E-state index contributed by atoms with van der Waals surface area (Å²) in [5.41, 5.74) is 1.64. The van der Waals surface area contributed by atoms with Crippen LogP contribution >= 0.6 is 11.8 Å². The van der Waals surface area contributed by atoms with E-state index in [1.807, 2.05) is 32.0 Å². The van der Waals surface area contributed by atoms with Crippen molar-refractivity contribution in [1.82, 2.24) is 9.88 Å². The smallest absolute Gasteiger partial charge is 0.266 e. The maximum Gasteiger partial charge on any atom is 0.266 e. The zero-order chi connectivity index (χ0) is 21.0. The fourth-order valence-electron chi connectivity index (χ4n) is 2.90. The number of aromatic nitrogens is 1. The molecule has 8 heteroatoms. The van der Waals surface area contributed by atoms with Crippen molar-refractivity contribution in [2.24, 2.45) is 4.99 Å². The van der Waals surface area contributed by atoms with Gasteiger partial charge in [0.25, 0.3) is 5.91 Å². The average molecular weight is 413 g/mol. The van der Waals surface area contributed by atoms with E-state index in [4.69, 9.17) is 14.2 Å². The Morgan fingerprint density at radius 2 is 1.83 bits per heavy atom. The summed E-state index contributed by atoms with van der Waals surface area (Å²) >= 11 is 1.32. The third-order valence-electron chi connectivity index (χ3n) is 4.27. The average Bonchev–Trinajstić information content (AvgIpc) is 3.01. The van der Waals surface area contributed by atoms with Gasteiger partial charge in [0, 0.05) is 12.2 Å². The van der Waals surface area contributed by atoms with Crippen LogP contribution in [0.25, 0.3) is 6.08 Å². The van der Waals surface area contributed by atoms with Crippen LogP contribution in [0.5, 0.6) is 17.2 Å².